The Morgan fingerprint density at radius 3 is 2.77 bits per heavy atom. The Hall–Kier alpha value is -1.25. The molecule has 3 heteroatoms. The predicted octanol–water partition coefficient (Wildman–Crippen LogP) is 1.65. The average molecular weight is 178 g/mol. The minimum atomic E-state index is 0.147. The Kier molecular flexibility index (Phi) is 1.68. The summed E-state index contributed by atoms with van der Waals surface area (Å²) >= 11 is 0. The van der Waals surface area contributed by atoms with Gasteiger partial charge in [0.25, 0.3) is 5.91 Å². The topological polar surface area (TPSA) is 25.2 Å². The molecule has 0 bridgehead atoms. The maximum absolute atomic E-state index is 11.7. The van der Waals surface area contributed by atoms with Crippen LogP contribution in [0.25, 0.3) is 0 Å². The van der Waals surface area contributed by atoms with Gasteiger partial charge in [0.05, 0.1) is 0 Å². The van der Waals surface area contributed by atoms with Gasteiger partial charge in [0, 0.05) is 31.4 Å². The van der Waals surface area contributed by atoms with Crippen LogP contribution in [-0.4, -0.2) is 22.4 Å². The van der Waals surface area contributed by atoms with E-state index in [9.17, 15) is 4.79 Å². The van der Waals surface area contributed by atoms with Crippen molar-refractivity contribution in [2.75, 3.05) is 7.05 Å². The third-order valence-corrected chi connectivity index (χ3v) is 2.51. The summed E-state index contributed by atoms with van der Waals surface area (Å²) in [4.78, 5) is 13.4. The van der Waals surface area contributed by atoms with E-state index >= 15 is 0 Å². The van der Waals surface area contributed by atoms with E-state index in [0.29, 0.717) is 6.04 Å². The molecular weight excluding hydrogens is 164 g/mol. The molecule has 0 saturated heterocycles. The van der Waals surface area contributed by atoms with Crippen LogP contribution < -0.4 is 0 Å². The van der Waals surface area contributed by atoms with Gasteiger partial charge in [0.15, 0.2) is 0 Å². The number of nitrogens with zero attached hydrogens (tertiary/aromatic N) is 2. The zero-order valence-electron chi connectivity index (χ0n) is 8.24. The lowest BCUT2D eigenvalue weighted by Crippen LogP contribution is -2.21. The molecule has 13 heavy (non-hydrogen) atoms. The van der Waals surface area contributed by atoms with Crippen molar-refractivity contribution < 1.29 is 4.79 Å². The molecule has 1 aliphatic rings. The molecule has 1 amide bonds. The van der Waals surface area contributed by atoms with Crippen LogP contribution in [0.5, 0.6) is 0 Å². The molecular formula is C10H14N2O. The fourth-order valence-electron chi connectivity index (χ4n) is 1.80. The van der Waals surface area contributed by atoms with Crippen molar-refractivity contribution in [1.82, 2.24) is 9.47 Å². The van der Waals surface area contributed by atoms with Gasteiger partial charge in [0.2, 0.25) is 0 Å². The molecule has 0 unspecified atom stereocenters. The number of amides is 1. The minimum absolute atomic E-state index is 0.147. The van der Waals surface area contributed by atoms with Gasteiger partial charge in [-0.25, -0.2) is 0 Å². The first-order valence-electron chi connectivity index (χ1n) is 4.56. The second kappa shape index (κ2) is 2.62. The zero-order valence-corrected chi connectivity index (χ0v) is 8.24. The van der Waals surface area contributed by atoms with Gasteiger partial charge in [-0.3, -0.25) is 4.79 Å². The smallest absolute Gasteiger partial charge is 0.270 e. The highest BCUT2D eigenvalue weighted by Crippen LogP contribution is 2.24. The third kappa shape index (κ3) is 1.07. The van der Waals surface area contributed by atoms with Crippen LogP contribution in [0, 0.1) is 0 Å². The number of fused-ring (bicyclic) bond motifs is 1. The summed E-state index contributed by atoms with van der Waals surface area (Å²) in [5.74, 6) is 0.147. The Labute approximate surface area is 78.0 Å². The van der Waals surface area contributed by atoms with E-state index in [2.05, 4.69) is 13.8 Å². The van der Waals surface area contributed by atoms with Crippen molar-refractivity contribution >= 4 is 5.91 Å². The predicted molar refractivity (Wildman–Crippen MR) is 50.6 cm³/mol. The molecule has 1 aliphatic heterocycles. The van der Waals surface area contributed by atoms with E-state index in [4.69, 9.17) is 0 Å². The largest absolute Gasteiger partial charge is 0.341 e. The Bertz CT molecular complexity index is 352. The summed E-state index contributed by atoms with van der Waals surface area (Å²) in [6.45, 7) is 4.94. The van der Waals surface area contributed by atoms with Crippen molar-refractivity contribution in [3.8, 4) is 0 Å². The summed E-state index contributed by atoms with van der Waals surface area (Å²) in [6.07, 6.45) is 2.00. The molecule has 0 saturated carbocycles. The molecule has 0 radical (unpaired) electrons. The van der Waals surface area contributed by atoms with Crippen LogP contribution >= 0.6 is 0 Å². The molecule has 0 aliphatic carbocycles. The van der Waals surface area contributed by atoms with E-state index in [0.717, 1.165) is 17.8 Å². The minimum Gasteiger partial charge on any atom is -0.341 e. The molecule has 1 aromatic rings. The SMILES string of the molecule is CC(C)n1ccc2c1C(=O)N(C)C2. The fourth-order valence-corrected chi connectivity index (χ4v) is 1.80. The Balaban J connectivity index is 2.50. The zero-order chi connectivity index (χ0) is 9.59. The molecule has 0 atom stereocenters. The first kappa shape index (κ1) is 8.35. The van der Waals surface area contributed by atoms with Crippen LogP contribution in [0.4, 0.5) is 0 Å². The Morgan fingerprint density at radius 2 is 2.15 bits per heavy atom. The Morgan fingerprint density at radius 1 is 1.46 bits per heavy atom. The number of carbonyl (C=O) groups excluding carboxylic acids is 1. The summed E-state index contributed by atoms with van der Waals surface area (Å²) in [6, 6.07) is 2.40. The average Bonchev–Trinajstić information content (AvgIpc) is 2.55. The first-order valence-corrected chi connectivity index (χ1v) is 4.56. The lowest BCUT2D eigenvalue weighted by Gasteiger charge is -2.12. The lowest BCUT2D eigenvalue weighted by atomic mass is 10.3. The van der Waals surface area contributed by atoms with E-state index in [1.54, 1.807) is 4.90 Å². The maximum atomic E-state index is 11.7. The number of rotatable bonds is 1. The van der Waals surface area contributed by atoms with Crippen LogP contribution in [0.2, 0.25) is 0 Å². The summed E-state index contributed by atoms with van der Waals surface area (Å²) in [5.41, 5.74) is 2.03. The van der Waals surface area contributed by atoms with Gasteiger partial charge in [0.1, 0.15) is 5.69 Å². The van der Waals surface area contributed by atoms with Gasteiger partial charge in [-0.1, -0.05) is 0 Å². The van der Waals surface area contributed by atoms with Crippen LogP contribution in [0.3, 0.4) is 0 Å². The monoisotopic (exact) mass is 178 g/mol. The molecule has 0 N–H and O–H groups in total. The van der Waals surface area contributed by atoms with Crippen molar-refractivity contribution in [3.63, 3.8) is 0 Å². The van der Waals surface area contributed by atoms with Crippen molar-refractivity contribution in [2.24, 2.45) is 0 Å². The van der Waals surface area contributed by atoms with Gasteiger partial charge in [-0.15, -0.1) is 0 Å². The molecule has 0 fully saturated rings. The van der Waals surface area contributed by atoms with E-state index < -0.39 is 0 Å². The number of aromatic nitrogens is 1. The van der Waals surface area contributed by atoms with Gasteiger partial charge >= 0.3 is 0 Å². The summed E-state index contributed by atoms with van der Waals surface area (Å²) < 4.78 is 2.04. The second-order valence-corrected chi connectivity index (χ2v) is 3.85. The van der Waals surface area contributed by atoms with Crippen molar-refractivity contribution in [2.45, 2.75) is 26.4 Å². The van der Waals surface area contributed by atoms with E-state index in [-0.39, 0.29) is 5.91 Å². The molecule has 2 heterocycles. The summed E-state index contributed by atoms with van der Waals surface area (Å²) in [5, 5.41) is 0. The summed E-state index contributed by atoms with van der Waals surface area (Å²) in [7, 11) is 1.84. The quantitative estimate of drug-likeness (QED) is 0.642. The van der Waals surface area contributed by atoms with E-state index in [1.807, 2.05) is 23.9 Å². The van der Waals surface area contributed by atoms with Gasteiger partial charge in [-0.05, 0) is 19.9 Å². The molecule has 2 rings (SSSR count). The molecule has 70 valence electrons. The number of hydrogen-bond donors (Lipinski definition) is 0. The molecule has 0 aromatic carbocycles. The number of hydrogen-bond acceptors (Lipinski definition) is 1. The normalized spacial score (nSPS) is 15.7. The first-order chi connectivity index (χ1) is 6.11. The third-order valence-electron chi connectivity index (χ3n) is 2.51. The molecule has 3 nitrogen and oxygen atoms in total. The fraction of sp³-hybridized carbons (Fsp3) is 0.500. The van der Waals surface area contributed by atoms with Crippen molar-refractivity contribution in [3.05, 3.63) is 23.5 Å². The lowest BCUT2D eigenvalue weighted by molar-refractivity contribution is 0.0806. The highest BCUT2D eigenvalue weighted by Gasteiger charge is 2.28. The molecule has 0 spiro atoms. The van der Waals surface area contributed by atoms with Crippen molar-refractivity contribution in [1.29, 1.82) is 0 Å². The maximum Gasteiger partial charge on any atom is 0.270 e. The number of carbonyl (C=O) groups is 1. The highest BCUT2D eigenvalue weighted by molar-refractivity contribution is 5.96. The second-order valence-electron chi connectivity index (χ2n) is 3.85. The standard InChI is InChI=1S/C10H14N2O/c1-7(2)12-5-4-8-6-11(3)10(13)9(8)12/h4-5,7H,6H2,1-3H3. The van der Waals surface area contributed by atoms with Crippen LogP contribution in [-0.2, 0) is 6.54 Å². The van der Waals surface area contributed by atoms with E-state index in [1.165, 1.54) is 0 Å². The molecule has 1 aromatic heterocycles. The van der Waals surface area contributed by atoms with Crippen LogP contribution in [0.1, 0.15) is 35.9 Å². The van der Waals surface area contributed by atoms with Crippen LogP contribution in [0.15, 0.2) is 12.3 Å². The van der Waals surface area contributed by atoms with Gasteiger partial charge < -0.3 is 9.47 Å². The highest BCUT2D eigenvalue weighted by atomic mass is 16.2. The van der Waals surface area contributed by atoms with Gasteiger partial charge in [-0.2, -0.15) is 0 Å².